The molecule has 0 aliphatic rings. The summed E-state index contributed by atoms with van der Waals surface area (Å²) in [6, 6.07) is 5.39. The summed E-state index contributed by atoms with van der Waals surface area (Å²) in [5.41, 5.74) is 12.5. The van der Waals surface area contributed by atoms with Crippen LogP contribution in [-0.4, -0.2) is 11.7 Å². The summed E-state index contributed by atoms with van der Waals surface area (Å²) < 4.78 is 0.689. The van der Waals surface area contributed by atoms with Crippen molar-refractivity contribution in [3.05, 3.63) is 28.2 Å². The van der Waals surface area contributed by atoms with Gasteiger partial charge in [-0.05, 0) is 53.0 Å². The van der Waals surface area contributed by atoms with Crippen molar-refractivity contribution in [3.8, 4) is 5.75 Å². The molecule has 0 bridgehead atoms. The lowest BCUT2D eigenvalue weighted by molar-refractivity contribution is 0.471. The Morgan fingerprint density at radius 3 is 2.56 bits per heavy atom. The van der Waals surface area contributed by atoms with Crippen LogP contribution >= 0.6 is 28.3 Å². The molecule has 5 heteroatoms. The first-order valence-electron chi connectivity index (χ1n) is 5.09. The Morgan fingerprint density at radius 2 is 2.00 bits per heavy atom. The van der Waals surface area contributed by atoms with Crippen molar-refractivity contribution in [2.75, 3.05) is 6.54 Å². The van der Waals surface area contributed by atoms with Crippen LogP contribution in [0.2, 0.25) is 0 Å². The first-order chi connectivity index (χ1) is 7.15. The van der Waals surface area contributed by atoms with Crippen molar-refractivity contribution in [1.29, 1.82) is 0 Å². The Hall–Kier alpha value is -0.290. The zero-order chi connectivity index (χ0) is 11.3. The third-order valence-corrected chi connectivity index (χ3v) is 3.00. The number of benzene rings is 1. The third-order valence-electron chi connectivity index (χ3n) is 2.37. The molecule has 0 aromatic heterocycles. The van der Waals surface area contributed by atoms with Crippen LogP contribution in [0.4, 0.5) is 0 Å². The molecule has 0 amide bonds. The Labute approximate surface area is 111 Å². The first-order valence-corrected chi connectivity index (χ1v) is 5.88. The van der Waals surface area contributed by atoms with E-state index < -0.39 is 0 Å². The summed E-state index contributed by atoms with van der Waals surface area (Å²) in [7, 11) is 0. The molecule has 0 saturated carbocycles. The van der Waals surface area contributed by atoms with Crippen LogP contribution in [0.3, 0.4) is 0 Å². The molecule has 0 heterocycles. The maximum Gasteiger partial charge on any atom is 0.129 e. The average molecular weight is 310 g/mol. The van der Waals surface area contributed by atoms with Crippen molar-refractivity contribution in [2.45, 2.75) is 25.3 Å². The van der Waals surface area contributed by atoms with Crippen LogP contribution in [-0.2, 0) is 0 Å². The molecule has 0 fully saturated rings. The molecule has 1 rings (SSSR count). The summed E-state index contributed by atoms with van der Waals surface area (Å²) in [6.45, 7) is 0.714. The monoisotopic (exact) mass is 308 g/mol. The number of phenolic OH excluding ortho intramolecular Hbond substituents is 1. The van der Waals surface area contributed by atoms with Crippen LogP contribution < -0.4 is 11.5 Å². The fourth-order valence-corrected chi connectivity index (χ4v) is 1.83. The second-order valence-electron chi connectivity index (χ2n) is 3.60. The quantitative estimate of drug-likeness (QED) is 0.732. The fourth-order valence-electron chi connectivity index (χ4n) is 1.43. The number of hydrogen-bond donors (Lipinski definition) is 3. The number of aromatic hydroxyl groups is 1. The number of halogens is 2. The lowest BCUT2D eigenvalue weighted by Gasteiger charge is -2.12. The van der Waals surface area contributed by atoms with Gasteiger partial charge in [0.25, 0.3) is 0 Å². The van der Waals surface area contributed by atoms with Crippen molar-refractivity contribution in [3.63, 3.8) is 0 Å². The van der Waals surface area contributed by atoms with E-state index in [2.05, 4.69) is 15.9 Å². The van der Waals surface area contributed by atoms with E-state index in [1.54, 1.807) is 6.07 Å². The Balaban J connectivity index is 0.00000225. The minimum atomic E-state index is 0. The van der Waals surface area contributed by atoms with Gasteiger partial charge in [-0.1, -0.05) is 12.5 Å². The molecule has 16 heavy (non-hydrogen) atoms. The second-order valence-corrected chi connectivity index (χ2v) is 4.46. The van der Waals surface area contributed by atoms with Gasteiger partial charge in [0.2, 0.25) is 0 Å². The molecule has 1 atom stereocenters. The second kappa shape index (κ2) is 7.90. The largest absolute Gasteiger partial charge is 0.507 e. The molecule has 0 aliphatic carbocycles. The van der Waals surface area contributed by atoms with Gasteiger partial charge in [-0.3, -0.25) is 0 Å². The fraction of sp³-hybridized carbons (Fsp3) is 0.455. The third kappa shape index (κ3) is 4.70. The van der Waals surface area contributed by atoms with Crippen LogP contribution in [0.25, 0.3) is 0 Å². The minimum absolute atomic E-state index is 0. The van der Waals surface area contributed by atoms with Gasteiger partial charge in [-0.15, -0.1) is 12.4 Å². The Kier molecular flexibility index (Phi) is 7.76. The first kappa shape index (κ1) is 15.7. The van der Waals surface area contributed by atoms with E-state index in [1.807, 2.05) is 12.1 Å². The number of rotatable bonds is 5. The lowest BCUT2D eigenvalue weighted by atomic mass is 10.0. The summed E-state index contributed by atoms with van der Waals surface area (Å²) >= 11 is 3.27. The van der Waals surface area contributed by atoms with E-state index in [0.717, 1.165) is 24.8 Å². The smallest absolute Gasteiger partial charge is 0.129 e. The standard InChI is InChI=1S/C11H17BrN2O.ClH/c12-9-7-8(4-5-11(9)15)10(14)3-1-2-6-13;/h4-5,7,10,15H,1-3,6,13-14H2;1H/t10-;/m1./s1. The van der Waals surface area contributed by atoms with Crippen molar-refractivity contribution in [2.24, 2.45) is 11.5 Å². The zero-order valence-electron chi connectivity index (χ0n) is 9.03. The maximum atomic E-state index is 9.34. The van der Waals surface area contributed by atoms with Gasteiger partial charge in [0.15, 0.2) is 0 Å². The number of unbranched alkanes of at least 4 members (excludes halogenated alkanes) is 1. The highest BCUT2D eigenvalue weighted by molar-refractivity contribution is 9.10. The molecular formula is C11H18BrClN2O. The number of hydrogen-bond acceptors (Lipinski definition) is 3. The molecule has 0 saturated heterocycles. The molecule has 3 nitrogen and oxygen atoms in total. The maximum absolute atomic E-state index is 9.34. The number of nitrogens with two attached hydrogens (primary N) is 2. The van der Waals surface area contributed by atoms with Crippen molar-refractivity contribution in [1.82, 2.24) is 0 Å². The predicted octanol–water partition coefficient (Wildman–Crippen LogP) is 2.71. The van der Waals surface area contributed by atoms with Crippen LogP contribution in [0.5, 0.6) is 5.75 Å². The Bertz CT molecular complexity index is 323. The van der Waals surface area contributed by atoms with Gasteiger partial charge < -0.3 is 16.6 Å². The summed E-state index contributed by atoms with van der Waals surface area (Å²) in [6.07, 6.45) is 2.97. The molecule has 0 spiro atoms. The van der Waals surface area contributed by atoms with Gasteiger partial charge in [0.1, 0.15) is 5.75 Å². The summed E-state index contributed by atoms with van der Waals surface area (Å²) in [5, 5.41) is 9.34. The van der Waals surface area contributed by atoms with Gasteiger partial charge in [0, 0.05) is 6.04 Å². The summed E-state index contributed by atoms with van der Waals surface area (Å²) in [5.74, 6) is 0.243. The highest BCUT2D eigenvalue weighted by Gasteiger charge is 2.07. The van der Waals surface area contributed by atoms with E-state index in [9.17, 15) is 5.11 Å². The Morgan fingerprint density at radius 1 is 1.31 bits per heavy atom. The molecule has 1 aromatic carbocycles. The van der Waals surface area contributed by atoms with Crippen LogP contribution in [0, 0.1) is 0 Å². The van der Waals surface area contributed by atoms with E-state index >= 15 is 0 Å². The van der Waals surface area contributed by atoms with Gasteiger partial charge in [-0.25, -0.2) is 0 Å². The molecule has 0 aliphatic heterocycles. The average Bonchev–Trinajstić information content (AvgIpc) is 2.22. The summed E-state index contributed by atoms with van der Waals surface area (Å²) in [4.78, 5) is 0. The van der Waals surface area contributed by atoms with Gasteiger partial charge in [0.05, 0.1) is 4.47 Å². The minimum Gasteiger partial charge on any atom is -0.507 e. The van der Waals surface area contributed by atoms with Crippen molar-refractivity contribution < 1.29 is 5.11 Å². The highest BCUT2D eigenvalue weighted by atomic mass is 79.9. The molecule has 0 unspecified atom stereocenters. The van der Waals surface area contributed by atoms with Crippen LogP contribution in [0.15, 0.2) is 22.7 Å². The van der Waals surface area contributed by atoms with Gasteiger partial charge in [-0.2, -0.15) is 0 Å². The normalized spacial score (nSPS) is 11.9. The molecule has 92 valence electrons. The van der Waals surface area contributed by atoms with E-state index in [0.29, 0.717) is 11.0 Å². The van der Waals surface area contributed by atoms with E-state index in [-0.39, 0.29) is 24.2 Å². The SMILES string of the molecule is Cl.NCCCC[C@@H](N)c1ccc(O)c(Br)c1. The van der Waals surface area contributed by atoms with E-state index in [4.69, 9.17) is 11.5 Å². The molecular weight excluding hydrogens is 291 g/mol. The van der Waals surface area contributed by atoms with Gasteiger partial charge >= 0.3 is 0 Å². The van der Waals surface area contributed by atoms with E-state index in [1.165, 1.54) is 0 Å². The molecule has 5 N–H and O–H groups in total. The topological polar surface area (TPSA) is 72.3 Å². The molecule has 0 radical (unpaired) electrons. The lowest BCUT2D eigenvalue weighted by Crippen LogP contribution is -2.11. The van der Waals surface area contributed by atoms with Crippen LogP contribution in [0.1, 0.15) is 30.9 Å². The van der Waals surface area contributed by atoms with Crippen molar-refractivity contribution >= 4 is 28.3 Å². The predicted molar refractivity (Wildman–Crippen MR) is 72.9 cm³/mol. The number of phenols is 1. The zero-order valence-corrected chi connectivity index (χ0v) is 11.4. The molecule has 1 aromatic rings. The highest BCUT2D eigenvalue weighted by Crippen LogP contribution is 2.27.